The molecule has 1 aromatic rings. The topological polar surface area (TPSA) is 119 Å². The molecule has 0 radical (unpaired) electrons. The van der Waals surface area contributed by atoms with Crippen LogP contribution in [0.25, 0.3) is 0 Å². The summed E-state index contributed by atoms with van der Waals surface area (Å²) in [6, 6.07) is 4.14. The fraction of sp³-hybridized carbons (Fsp3) is 0.571. The minimum absolute atomic E-state index is 0.0387. The summed E-state index contributed by atoms with van der Waals surface area (Å²) in [5, 5.41) is 9.87. The van der Waals surface area contributed by atoms with E-state index in [2.05, 4.69) is 4.18 Å². The highest BCUT2D eigenvalue weighted by atomic mass is 32.2. The molecule has 11 heteroatoms. The maximum absolute atomic E-state index is 12.7. The second-order valence-electron chi connectivity index (χ2n) is 5.11. The van der Waals surface area contributed by atoms with Gasteiger partial charge in [0.05, 0.1) is 38.1 Å². The number of methoxy groups -OCH3 is 2. The van der Waals surface area contributed by atoms with E-state index in [1.807, 2.05) is 0 Å². The average Bonchev–Trinajstić information content (AvgIpc) is 2.56. The summed E-state index contributed by atoms with van der Waals surface area (Å²) < 4.78 is 63.0. The molecule has 0 amide bonds. The molecule has 1 aromatic carbocycles. The van der Waals surface area contributed by atoms with E-state index in [1.54, 1.807) is 6.92 Å². The highest BCUT2D eigenvalue weighted by molar-refractivity contribution is 7.89. The van der Waals surface area contributed by atoms with Crippen LogP contribution in [0.2, 0.25) is 0 Å². The molecule has 0 fully saturated rings. The first-order valence-electron chi connectivity index (χ1n) is 7.29. The number of likely N-dealkylation sites (N-methyl/N-ethyl adjacent to an activating group) is 1. The molecule has 0 aromatic heterocycles. The van der Waals surface area contributed by atoms with Gasteiger partial charge in [0.25, 0.3) is 10.1 Å². The Morgan fingerprint density at radius 1 is 1.12 bits per heavy atom. The molecular weight excluding hydrogens is 374 g/mol. The highest BCUT2D eigenvalue weighted by Gasteiger charge is 2.27. The van der Waals surface area contributed by atoms with Gasteiger partial charge in [0, 0.05) is 19.2 Å². The van der Waals surface area contributed by atoms with E-state index < -0.39 is 32.9 Å². The summed E-state index contributed by atoms with van der Waals surface area (Å²) in [6.45, 7) is 0.828. The van der Waals surface area contributed by atoms with Crippen molar-refractivity contribution in [1.29, 1.82) is 0 Å². The molecule has 1 unspecified atom stereocenters. The molecule has 9 nitrogen and oxygen atoms in total. The van der Waals surface area contributed by atoms with Gasteiger partial charge in [0.15, 0.2) is 11.5 Å². The van der Waals surface area contributed by atoms with Crippen molar-refractivity contribution >= 4 is 20.1 Å². The highest BCUT2D eigenvalue weighted by Crippen LogP contribution is 2.30. The second kappa shape index (κ2) is 8.81. The van der Waals surface area contributed by atoms with E-state index in [1.165, 1.54) is 32.4 Å². The van der Waals surface area contributed by atoms with Crippen LogP contribution in [-0.4, -0.2) is 72.5 Å². The Morgan fingerprint density at radius 2 is 1.72 bits per heavy atom. The number of sulfonamides is 1. The van der Waals surface area contributed by atoms with E-state index in [4.69, 9.17) is 9.47 Å². The molecule has 0 heterocycles. The Bertz CT molecular complexity index is 776. The fourth-order valence-electron chi connectivity index (χ4n) is 2.01. The van der Waals surface area contributed by atoms with Gasteiger partial charge >= 0.3 is 0 Å². The second-order valence-corrected chi connectivity index (χ2v) is 8.70. The predicted molar refractivity (Wildman–Crippen MR) is 90.8 cm³/mol. The maximum Gasteiger partial charge on any atom is 0.264 e. The van der Waals surface area contributed by atoms with Crippen molar-refractivity contribution < 1.29 is 35.6 Å². The van der Waals surface area contributed by atoms with Crippen LogP contribution < -0.4 is 9.47 Å². The smallest absolute Gasteiger partial charge is 0.264 e. The van der Waals surface area contributed by atoms with Crippen LogP contribution in [0.15, 0.2) is 23.1 Å². The van der Waals surface area contributed by atoms with Crippen LogP contribution in [0.3, 0.4) is 0 Å². The lowest BCUT2D eigenvalue weighted by Gasteiger charge is -2.23. The summed E-state index contributed by atoms with van der Waals surface area (Å²) in [4.78, 5) is -0.0387. The number of hydrogen-bond donors (Lipinski definition) is 1. The third-order valence-corrected chi connectivity index (χ3v) is 5.74. The van der Waals surface area contributed by atoms with Crippen molar-refractivity contribution in [3.8, 4) is 11.5 Å². The Balaban J connectivity index is 3.01. The fourth-order valence-corrected chi connectivity index (χ4v) is 3.92. The van der Waals surface area contributed by atoms with Crippen molar-refractivity contribution in [2.24, 2.45) is 0 Å². The lowest BCUT2D eigenvalue weighted by molar-refractivity contribution is 0.0934. The summed E-state index contributed by atoms with van der Waals surface area (Å²) >= 11 is 0. The number of rotatable bonds is 10. The largest absolute Gasteiger partial charge is 0.493 e. The number of hydrogen-bond acceptors (Lipinski definition) is 8. The predicted octanol–water partition coefficient (Wildman–Crippen LogP) is 0.0515. The van der Waals surface area contributed by atoms with Crippen molar-refractivity contribution in [2.45, 2.75) is 17.9 Å². The van der Waals surface area contributed by atoms with Crippen LogP contribution >= 0.6 is 0 Å². The number of benzene rings is 1. The van der Waals surface area contributed by atoms with Gasteiger partial charge in [-0.3, -0.25) is 4.18 Å². The molecule has 0 aliphatic heterocycles. The van der Waals surface area contributed by atoms with Gasteiger partial charge in [-0.25, -0.2) is 8.42 Å². The first-order valence-corrected chi connectivity index (χ1v) is 10.6. The van der Waals surface area contributed by atoms with Crippen molar-refractivity contribution in [1.82, 2.24) is 4.31 Å². The summed E-state index contributed by atoms with van der Waals surface area (Å²) in [7, 11) is -4.83. The molecule has 0 saturated heterocycles. The average molecular weight is 397 g/mol. The molecule has 144 valence electrons. The van der Waals surface area contributed by atoms with Crippen LogP contribution in [0.4, 0.5) is 0 Å². The molecule has 0 spiro atoms. The molecule has 1 atom stereocenters. The number of aliphatic hydroxyl groups excluding tert-OH is 1. The molecule has 25 heavy (non-hydrogen) atoms. The Hall–Kier alpha value is -1.40. The lowest BCUT2D eigenvalue weighted by atomic mass is 10.3. The zero-order valence-corrected chi connectivity index (χ0v) is 16.1. The SMILES string of the molecule is CCN(CC(O)COS(C)(=O)=O)S(=O)(=O)c1ccc(OC)c(OC)c1. The number of aliphatic hydroxyl groups is 1. The van der Waals surface area contributed by atoms with E-state index in [0.29, 0.717) is 5.75 Å². The van der Waals surface area contributed by atoms with Crippen molar-refractivity contribution in [3.63, 3.8) is 0 Å². The van der Waals surface area contributed by atoms with Crippen molar-refractivity contribution in [3.05, 3.63) is 18.2 Å². The van der Waals surface area contributed by atoms with Gasteiger partial charge in [0.2, 0.25) is 10.0 Å². The maximum atomic E-state index is 12.7. The summed E-state index contributed by atoms with van der Waals surface area (Å²) in [5.74, 6) is 0.631. The van der Waals surface area contributed by atoms with Gasteiger partial charge < -0.3 is 14.6 Å². The number of ether oxygens (including phenoxy) is 2. The first-order chi connectivity index (χ1) is 11.5. The Kier molecular flexibility index (Phi) is 7.62. The van der Waals surface area contributed by atoms with E-state index in [9.17, 15) is 21.9 Å². The number of nitrogens with zero attached hydrogens (tertiary/aromatic N) is 1. The summed E-state index contributed by atoms with van der Waals surface area (Å²) in [6.07, 6.45) is -0.456. The van der Waals surface area contributed by atoms with Crippen LogP contribution in [0.1, 0.15) is 6.92 Å². The van der Waals surface area contributed by atoms with Crippen LogP contribution in [-0.2, 0) is 24.3 Å². The molecule has 0 aliphatic rings. The minimum Gasteiger partial charge on any atom is -0.493 e. The van der Waals surface area contributed by atoms with Gasteiger partial charge in [-0.15, -0.1) is 0 Å². The van der Waals surface area contributed by atoms with Gasteiger partial charge in [0.1, 0.15) is 0 Å². The van der Waals surface area contributed by atoms with E-state index in [-0.39, 0.29) is 23.7 Å². The molecule has 0 bridgehead atoms. The van der Waals surface area contributed by atoms with Crippen molar-refractivity contribution in [2.75, 3.05) is 40.2 Å². The Morgan fingerprint density at radius 3 is 2.20 bits per heavy atom. The summed E-state index contributed by atoms with van der Waals surface area (Å²) in [5.41, 5.74) is 0. The molecular formula is C14H23NO8S2. The van der Waals surface area contributed by atoms with E-state index >= 15 is 0 Å². The van der Waals surface area contributed by atoms with Crippen LogP contribution in [0, 0.1) is 0 Å². The molecule has 0 aliphatic carbocycles. The third-order valence-electron chi connectivity index (χ3n) is 3.23. The van der Waals surface area contributed by atoms with Gasteiger partial charge in [-0.05, 0) is 12.1 Å². The standard InChI is InChI=1S/C14H23NO8S2/c1-5-15(9-11(16)10-23-24(4,17)18)25(19,20)12-6-7-13(21-2)14(8-12)22-3/h6-8,11,16H,5,9-10H2,1-4H3. The molecule has 1 rings (SSSR count). The zero-order chi connectivity index (χ0) is 19.3. The Labute approximate surface area is 148 Å². The third kappa shape index (κ3) is 6.12. The first kappa shape index (κ1) is 21.6. The minimum atomic E-state index is -3.92. The quantitative estimate of drug-likeness (QED) is 0.550. The molecule has 0 saturated carbocycles. The lowest BCUT2D eigenvalue weighted by Crippen LogP contribution is -2.39. The van der Waals surface area contributed by atoms with E-state index in [0.717, 1.165) is 10.6 Å². The molecule has 1 N–H and O–H groups in total. The van der Waals surface area contributed by atoms with Gasteiger partial charge in [-0.2, -0.15) is 12.7 Å². The zero-order valence-electron chi connectivity index (χ0n) is 14.5. The monoisotopic (exact) mass is 397 g/mol. The van der Waals surface area contributed by atoms with Gasteiger partial charge in [-0.1, -0.05) is 6.92 Å². The van der Waals surface area contributed by atoms with Crippen LogP contribution in [0.5, 0.6) is 11.5 Å². The normalized spacial score (nSPS) is 13.7.